The van der Waals surface area contributed by atoms with Gasteiger partial charge in [0.2, 0.25) is 0 Å². The molecule has 1 atom stereocenters. The van der Waals surface area contributed by atoms with E-state index in [1.165, 1.54) is 13.2 Å². The molecular weight excluding hydrogens is 402 g/mol. The van der Waals surface area contributed by atoms with Crippen LogP contribution in [0.1, 0.15) is 27.9 Å². The lowest BCUT2D eigenvalue weighted by Gasteiger charge is -2.39. The molecule has 1 unspecified atom stereocenters. The Kier molecular flexibility index (Phi) is 5.57. The highest BCUT2D eigenvalue weighted by atomic mass is 19.3. The zero-order valence-corrected chi connectivity index (χ0v) is 17.0. The molecule has 1 aromatic carbocycles. The van der Waals surface area contributed by atoms with Crippen LogP contribution in [0.25, 0.3) is 11.0 Å². The quantitative estimate of drug-likeness (QED) is 0.585. The number of anilines is 1. The van der Waals surface area contributed by atoms with Crippen LogP contribution in [0.15, 0.2) is 42.7 Å². The van der Waals surface area contributed by atoms with Crippen LogP contribution in [-0.2, 0) is 6.54 Å². The van der Waals surface area contributed by atoms with Crippen LogP contribution in [0.2, 0.25) is 0 Å². The average molecular weight is 424 g/mol. The third-order valence-electron chi connectivity index (χ3n) is 5.54. The topological polar surface area (TPSA) is 96.8 Å². The molecule has 9 heteroatoms. The van der Waals surface area contributed by atoms with Crippen LogP contribution in [0, 0.1) is 11.3 Å². The molecule has 1 aliphatic rings. The van der Waals surface area contributed by atoms with E-state index in [9.17, 15) is 4.79 Å². The van der Waals surface area contributed by atoms with Gasteiger partial charge in [-0.05, 0) is 30.2 Å². The van der Waals surface area contributed by atoms with Crippen molar-refractivity contribution in [2.45, 2.75) is 24.9 Å². The van der Waals surface area contributed by atoms with Gasteiger partial charge in [0.15, 0.2) is 0 Å². The number of alkyl halides is 2. The fourth-order valence-electron chi connectivity index (χ4n) is 3.91. The molecule has 1 fully saturated rings. The largest absolute Gasteiger partial charge is 0.375 e. The highest BCUT2D eigenvalue weighted by Gasteiger charge is 2.45. The molecule has 1 saturated heterocycles. The van der Waals surface area contributed by atoms with Crippen molar-refractivity contribution in [3.05, 3.63) is 59.4 Å². The van der Waals surface area contributed by atoms with E-state index >= 15 is 8.78 Å². The molecule has 31 heavy (non-hydrogen) atoms. The third kappa shape index (κ3) is 4.20. The minimum absolute atomic E-state index is 0.213. The molecular formula is C22H22F2N6O. The van der Waals surface area contributed by atoms with Crippen molar-refractivity contribution in [3.63, 3.8) is 0 Å². The molecule has 3 N–H and O–H groups in total. The maximum Gasteiger partial charge on any atom is 0.280 e. The summed E-state index contributed by atoms with van der Waals surface area (Å²) in [5, 5.41) is 15.0. The van der Waals surface area contributed by atoms with Crippen LogP contribution in [-0.4, -0.2) is 52.9 Å². The second-order valence-electron chi connectivity index (χ2n) is 7.63. The number of H-pyrrole nitrogens is 1. The standard InChI is InChI=1S/C22H22F2N6O/c1-26-21(31)17-11-28-20-16(6-8-27-20)19(17)29-18-7-9-30(13-22(18,23)24)12-15-4-2-14(10-25)3-5-15/h2-6,8,11,18H,7,9,12-13H2,1H3,(H,26,31)(H2,27,28,29). The minimum Gasteiger partial charge on any atom is -0.375 e. The van der Waals surface area contributed by atoms with Crippen LogP contribution in [0.4, 0.5) is 14.5 Å². The highest BCUT2D eigenvalue weighted by Crippen LogP contribution is 2.34. The van der Waals surface area contributed by atoms with Crippen molar-refractivity contribution < 1.29 is 13.6 Å². The summed E-state index contributed by atoms with van der Waals surface area (Å²) < 4.78 is 30.2. The fraction of sp³-hybridized carbons (Fsp3) is 0.318. The lowest BCUT2D eigenvalue weighted by Crippen LogP contribution is -2.54. The summed E-state index contributed by atoms with van der Waals surface area (Å²) >= 11 is 0. The molecule has 7 nitrogen and oxygen atoms in total. The lowest BCUT2D eigenvalue weighted by atomic mass is 9.98. The summed E-state index contributed by atoms with van der Waals surface area (Å²) in [7, 11) is 1.49. The van der Waals surface area contributed by atoms with E-state index in [-0.39, 0.29) is 17.9 Å². The molecule has 0 radical (unpaired) electrons. The summed E-state index contributed by atoms with van der Waals surface area (Å²) in [5.41, 5.74) is 2.53. The van der Waals surface area contributed by atoms with Crippen LogP contribution in [0.5, 0.6) is 0 Å². The van der Waals surface area contributed by atoms with Crippen LogP contribution in [0.3, 0.4) is 0 Å². The summed E-state index contributed by atoms with van der Waals surface area (Å²) in [6.45, 7) is 0.458. The van der Waals surface area contributed by atoms with Crippen molar-refractivity contribution >= 4 is 22.6 Å². The van der Waals surface area contributed by atoms with Gasteiger partial charge in [-0.2, -0.15) is 5.26 Å². The summed E-state index contributed by atoms with van der Waals surface area (Å²) in [6, 6.07) is 9.60. The summed E-state index contributed by atoms with van der Waals surface area (Å²) in [4.78, 5) is 21.1. The first-order valence-electron chi connectivity index (χ1n) is 9.95. The zero-order chi connectivity index (χ0) is 22.0. The third-order valence-corrected chi connectivity index (χ3v) is 5.54. The number of likely N-dealkylation sites (tertiary alicyclic amines) is 1. The molecule has 3 heterocycles. The molecule has 0 saturated carbocycles. The number of hydrogen-bond donors (Lipinski definition) is 3. The van der Waals surface area contributed by atoms with E-state index < -0.39 is 18.5 Å². The van der Waals surface area contributed by atoms with E-state index in [0.717, 1.165) is 5.56 Å². The van der Waals surface area contributed by atoms with Gasteiger partial charge in [-0.25, -0.2) is 13.8 Å². The van der Waals surface area contributed by atoms with Gasteiger partial charge in [-0.15, -0.1) is 0 Å². The van der Waals surface area contributed by atoms with Gasteiger partial charge in [0.1, 0.15) is 5.65 Å². The van der Waals surface area contributed by atoms with Crippen molar-refractivity contribution in [3.8, 4) is 6.07 Å². The highest BCUT2D eigenvalue weighted by molar-refractivity contribution is 6.06. The first-order chi connectivity index (χ1) is 14.9. The smallest absolute Gasteiger partial charge is 0.280 e. The predicted octanol–water partition coefficient (Wildman–Crippen LogP) is 3.12. The zero-order valence-electron chi connectivity index (χ0n) is 17.0. The number of carbonyl (C=O) groups excluding carboxylic acids is 1. The van der Waals surface area contributed by atoms with E-state index in [1.54, 1.807) is 41.4 Å². The number of nitrogens with zero attached hydrogens (tertiary/aromatic N) is 3. The molecule has 2 aromatic heterocycles. The monoisotopic (exact) mass is 424 g/mol. The minimum atomic E-state index is -3.00. The molecule has 4 rings (SSSR count). The number of carbonyl (C=O) groups is 1. The van der Waals surface area contributed by atoms with E-state index in [2.05, 4.69) is 26.7 Å². The van der Waals surface area contributed by atoms with E-state index in [4.69, 9.17) is 5.26 Å². The Bertz CT molecular complexity index is 1140. The predicted molar refractivity (Wildman–Crippen MR) is 113 cm³/mol. The summed E-state index contributed by atoms with van der Waals surface area (Å²) in [6.07, 6.45) is 3.26. The van der Waals surface area contributed by atoms with Crippen molar-refractivity contribution in [1.29, 1.82) is 5.26 Å². The average Bonchev–Trinajstić information content (AvgIpc) is 3.24. The normalized spacial score (nSPS) is 18.5. The number of pyridine rings is 1. The maximum absolute atomic E-state index is 15.1. The Morgan fingerprint density at radius 1 is 1.35 bits per heavy atom. The fourth-order valence-corrected chi connectivity index (χ4v) is 3.91. The van der Waals surface area contributed by atoms with E-state index in [0.29, 0.717) is 35.4 Å². The Hall–Kier alpha value is -3.51. The number of amides is 1. The number of aromatic amines is 1. The number of piperidine rings is 1. The van der Waals surface area contributed by atoms with Crippen molar-refractivity contribution in [1.82, 2.24) is 20.2 Å². The Balaban J connectivity index is 1.52. The number of hydrogen-bond acceptors (Lipinski definition) is 5. The van der Waals surface area contributed by atoms with E-state index in [1.807, 2.05) is 0 Å². The Morgan fingerprint density at radius 3 is 2.81 bits per heavy atom. The first kappa shape index (κ1) is 20.8. The van der Waals surface area contributed by atoms with Gasteiger partial charge in [-0.3, -0.25) is 9.69 Å². The van der Waals surface area contributed by atoms with Gasteiger partial charge >= 0.3 is 0 Å². The lowest BCUT2D eigenvalue weighted by molar-refractivity contribution is -0.0758. The van der Waals surface area contributed by atoms with Gasteiger partial charge < -0.3 is 15.6 Å². The van der Waals surface area contributed by atoms with Gasteiger partial charge in [0.25, 0.3) is 11.8 Å². The second kappa shape index (κ2) is 8.32. The second-order valence-corrected chi connectivity index (χ2v) is 7.63. The number of nitrogens with one attached hydrogen (secondary N) is 3. The number of rotatable bonds is 5. The Morgan fingerprint density at radius 2 is 2.13 bits per heavy atom. The maximum atomic E-state index is 15.1. The van der Waals surface area contributed by atoms with Crippen molar-refractivity contribution in [2.75, 3.05) is 25.5 Å². The molecule has 3 aromatic rings. The summed E-state index contributed by atoms with van der Waals surface area (Å²) in [5.74, 6) is -3.39. The molecule has 0 bridgehead atoms. The molecule has 0 spiro atoms. The van der Waals surface area contributed by atoms with Gasteiger partial charge in [0.05, 0.1) is 35.5 Å². The number of fused-ring (bicyclic) bond motifs is 1. The van der Waals surface area contributed by atoms with Gasteiger partial charge in [-0.1, -0.05) is 12.1 Å². The molecule has 0 aliphatic carbocycles. The molecule has 1 aliphatic heterocycles. The van der Waals surface area contributed by atoms with Crippen LogP contribution >= 0.6 is 0 Å². The molecule has 1 amide bonds. The number of halogens is 2. The number of benzene rings is 1. The van der Waals surface area contributed by atoms with Gasteiger partial charge in [0, 0.05) is 37.9 Å². The first-order valence-corrected chi connectivity index (χ1v) is 9.95. The number of aromatic nitrogens is 2. The Labute approximate surface area is 178 Å². The van der Waals surface area contributed by atoms with Crippen molar-refractivity contribution in [2.24, 2.45) is 0 Å². The molecule has 160 valence electrons. The number of nitriles is 1. The van der Waals surface area contributed by atoms with Crippen LogP contribution < -0.4 is 10.6 Å². The SMILES string of the molecule is CNC(=O)c1cnc2[nH]ccc2c1NC1CCN(Cc2ccc(C#N)cc2)CC1(F)F.